The van der Waals surface area contributed by atoms with Gasteiger partial charge in [0.15, 0.2) is 0 Å². The van der Waals surface area contributed by atoms with Crippen molar-refractivity contribution in [3.05, 3.63) is 29.8 Å². The van der Waals surface area contributed by atoms with Crippen molar-refractivity contribution in [3.63, 3.8) is 0 Å². The van der Waals surface area contributed by atoms with Gasteiger partial charge in [0.2, 0.25) is 0 Å². The van der Waals surface area contributed by atoms with Gasteiger partial charge in [-0.1, -0.05) is 25.5 Å². The Morgan fingerprint density at radius 3 is 2.36 bits per heavy atom. The summed E-state index contributed by atoms with van der Waals surface area (Å²) >= 11 is 0. The van der Waals surface area contributed by atoms with Gasteiger partial charge in [-0.25, -0.2) is 8.78 Å². The first-order valence-corrected chi connectivity index (χ1v) is 4.72. The predicted molar refractivity (Wildman–Crippen MR) is 51.9 cm³/mol. The van der Waals surface area contributed by atoms with Gasteiger partial charge in [-0.05, 0) is 24.1 Å². The van der Waals surface area contributed by atoms with Gasteiger partial charge in [-0.3, -0.25) is 0 Å². The largest absolute Gasteiger partial charge is 0.488 e. The van der Waals surface area contributed by atoms with Crippen molar-refractivity contribution in [1.29, 1.82) is 0 Å². The van der Waals surface area contributed by atoms with Crippen LogP contribution in [0.25, 0.3) is 0 Å². The van der Waals surface area contributed by atoms with Gasteiger partial charge in [0.05, 0.1) is 0 Å². The van der Waals surface area contributed by atoms with Crippen LogP contribution in [0.3, 0.4) is 0 Å². The van der Waals surface area contributed by atoms with E-state index < -0.39 is 13.0 Å². The molecule has 0 amide bonds. The summed E-state index contributed by atoms with van der Waals surface area (Å²) in [4.78, 5) is 0. The Balaban J connectivity index is 2.46. The van der Waals surface area contributed by atoms with Crippen LogP contribution in [0.1, 0.15) is 18.9 Å². The molecule has 0 aromatic heterocycles. The van der Waals surface area contributed by atoms with Crippen molar-refractivity contribution in [2.75, 3.05) is 6.61 Å². The van der Waals surface area contributed by atoms with E-state index in [1.807, 2.05) is 12.1 Å². The fourth-order valence-corrected chi connectivity index (χ4v) is 1.20. The van der Waals surface area contributed by atoms with Crippen LogP contribution in [0.2, 0.25) is 0 Å². The second kappa shape index (κ2) is 5.58. The third-order valence-corrected chi connectivity index (χ3v) is 1.84. The lowest BCUT2D eigenvalue weighted by Crippen LogP contribution is -2.06. The van der Waals surface area contributed by atoms with Crippen molar-refractivity contribution in [3.8, 4) is 5.75 Å². The maximum absolute atomic E-state index is 11.8. The Labute approximate surface area is 82.7 Å². The summed E-state index contributed by atoms with van der Waals surface area (Å²) in [5.74, 6) is 0.505. The molecule has 0 heterocycles. The Bertz CT molecular complexity index is 256. The second-order valence-electron chi connectivity index (χ2n) is 3.10. The van der Waals surface area contributed by atoms with E-state index in [2.05, 4.69) is 6.92 Å². The van der Waals surface area contributed by atoms with Crippen LogP contribution in [0.4, 0.5) is 8.78 Å². The summed E-state index contributed by atoms with van der Waals surface area (Å²) in [6, 6.07) is 7.27. The van der Waals surface area contributed by atoms with Gasteiger partial charge in [-0.2, -0.15) is 0 Å². The Hall–Kier alpha value is -1.12. The smallest absolute Gasteiger partial charge is 0.272 e. The van der Waals surface area contributed by atoms with E-state index in [1.165, 1.54) is 5.56 Å². The molecule has 0 bridgehead atoms. The minimum absolute atomic E-state index is 0.505. The lowest BCUT2D eigenvalue weighted by atomic mass is 10.1. The molecule has 1 aromatic rings. The molecule has 0 atom stereocenters. The predicted octanol–water partition coefficient (Wildman–Crippen LogP) is 3.28. The van der Waals surface area contributed by atoms with Crippen LogP contribution in [0.15, 0.2) is 24.3 Å². The van der Waals surface area contributed by atoms with Crippen molar-refractivity contribution in [2.45, 2.75) is 26.2 Å². The highest BCUT2D eigenvalue weighted by molar-refractivity contribution is 5.27. The van der Waals surface area contributed by atoms with Crippen LogP contribution in [-0.2, 0) is 6.42 Å². The normalized spacial score (nSPS) is 10.6. The summed E-state index contributed by atoms with van der Waals surface area (Å²) in [7, 11) is 0. The molecule has 0 saturated heterocycles. The topological polar surface area (TPSA) is 9.23 Å². The second-order valence-corrected chi connectivity index (χ2v) is 3.10. The molecule has 0 aliphatic carbocycles. The maximum atomic E-state index is 11.8. The molecular weight excluding hydrogens is 186 g/mol. The molecule has 0 saturated carbocycles. The van der Waals surface area contributed by atoms with E-state index in [-0.39, 0.29) is 0 Å². The van der Waals surface area contributed by atoms with Crippen molar-refractivity contribution < 1.29 is 13.5 Å². The summed E-state index contributed by atoms with van der Waals surface area (Å²) < 4.78 is 28.4. The van der Waals surface area contributed by atoms with Crippen molar-refractivity contribution in [2.24, 2.45) is 0 Å². The fraction of sp³-hybridized carbons (Fsp3) is 0.455. The van der Waals surface area contributed by atoms with E-state index in [1.54, 1.807) is 12.1 Å². The molecule has 0 N–H and O–H groups in total. The molecule has 0 unspecified atom stereocenters. The highest BCUT2D eigenvalue weighted by atomic mass is 19.3. The highest BCUT2D eigenvalue weighted by Crippen LogP contribution is 2.13. The number of alkyl halides is 2. The molecular formula is C11H14F2O. The summed E-state index contributed by atoms with van der Waals surface area (Å²) in [6.07, 6.45) is -0.322. The number of hydrogen-bond donors (Lipinski definition) is 0. The monoisotopic (exact) mass is 200 g/mol. The lowest BCUT2D eigenvalue weighted by Gasteiger charge is -2.05. The molecule has 1 rings (SSSR count). The average Bonchev–Trinajstić information content (AvgIpc) is 2.17. The minimum atomic E-state index is -2.41. The molecule has 0 radical (unpaired) electrons. The Morgan fingerprint density at radius 1 is 1.21 bits per heavy atom. The number of hydrogen-bond acceptors (Lipinski definition) is 1. The quantitative estimate of drug-likeness (QED) is 0.708. The third-order valence-electron chi connectivity index (χ3n) is 1.84. The van der Waals surface area contributed by atoms with Gasteiger partial charge in [0.25, 0.3) is 6.43 Å². The molecule has 0 aliphatic rings. The average molecular weight is 200 g/mol. The van der Waals surface area contributed by atoms with E-state index in [4.69, 9.17) is 4.74 Å². The molecule has 14 heavy (non-hydrogen) atoms. The molecule has 1 aromatic carbocycles. The zero-order valence-corrected chi connectivity index (χ0v) is 8.17. The number of benzene rings is 1. The minimum Gasteiger partial charge on any atom is -0.488 e. The number of aryl methyl sites for hydroxylation is 1. The van der Waals surface area contributed by atoms with E-state index >= 15 is 0 Å². The molecule has 1 nitrogen and oxygen atoms in total. The van der Waals surface area contributed by atoms with Crippen LogP contribution < -0.4 is 4.74 Å². The van der Waals surface area contributed by atoms with Crippen LogP contribution >= 0.6 is 0 Å². The molecule has 3 heteroatoms. The fourth-order valence-electron chi connectivity index (χ4n) is 1.20. The molecule has 0 fully saturated rings. The van der Waals surface area contributed by atoms with Crippen LogP contribution in [-0.4, -0.2) is 13.0 Å². The standard InChI is InChI=1S/C11H14F2O/c1-2-3-9-4-6-10(7-5-9)14-8-11(12)13/h4-7,11H,2-3,8H2,1H3. The van der Waals surface area contributed by atoms with Gasteiger partial charge in [0.1, 0.15) is 12.4 Å². The van der Waals surface area contributed by atoms with Gasteiger partial charge in [0, 0.05) is 0 Å². The zero-order valence-electron chi connectivity index (χ0n) is 8.17. The van der Waals surface area contributed by atoms with Crippen LogP contribution in [0, 0.1) is 0 Å². The highest BCUT2D eigenvalue weighted by Gasteiger charge is 2.02. The number of rotatable bonds is 5. The Morgan fingerprint density at radius 2 is 1.86 bits per heavy atom. The van der Waals surface area contributed by atoms with E-state index in [0.717, 1.165) is 12.8 Å². The molecule has 78 valence electrons. The van der Waals surface area contributed by atoms with E-state index in [9.17, 15) is 8.78 Å². The first-order chi connectivity index (χ1) is 6.72. The third kappa shape index (κ3) is 3.73. The Kier molecular flexibility index (Phi) is 4.36. The maximum Gasteiger partial charge on any atom is 0.272 e. The first-order valence-electron chi connectivity index (χ1n) is 4.72. The summed E-state index contributed by atoms with van der Waals surface area (Å²) in [5, 5.41) is 0. The van der Waals surface area contributed by atoms with Crippen LogP contribution in [0.5, 0.6) is 5.75 Å². The van der Waals surface area contributed by atoms with Gasteiger partial charge >= 0.3 is 0 Å². The number of ether oxygens (including phenoxy) is 1. The lowest BCUT2D eigenvalue weighted by molar-refractivity contribution is 0.0819. The SMILES string of the molecule is CCCc1ccc(OCC(F)F)cc1. The summed E-state index contributed by atoms with van der Waals surface area (Å²) in [5.41, 5.74) is 1.21. The van der Waals surface area contributed by atoms with Gasteiger partial charge in [-0.15, -0.1) is 0 Å². The summed E-state index contributed by atoms with van der Waals surface area (Å²) in [6.45, 7) is 1.56. The van der Waals surface area contributed by atoms with Gasteiger partial charge < -0.3 is 4.74 Å². The van der Waals surface area contributed by atoms with Crippen molar-refractivity contribution >= 4 is 0 Å². The van der Waals surface area contributed by atoms with E-state index in [0.29, 0.717) is 5.75 Å². The molecule has 0 spiro atoms. The first kappa shape index (κ1) is 11.0. The zero-order chi connectivity index (χ0) is 10.4. The van der Waals surface area contributed by atoms with Crippen molar-refractivity contribution in [1.82, 2.24) is 0 Å². The number of halogens is 2. The molecule has 0 aliphatic heterocycles.